The van der Waals surface area contributed by atoms with Crippen molar-refractivity contribution < 1.29 is 22.3 Å². The minimum absolute atomic E-state index is 0.146. The SMILES string of the molecule is Cc1ccc(S(=O)(=O)N2C[C@@]3(CCCN(CC(=O)Nc4ncc(Cc5ccccc5F)s4)C3)OC[C@@H]2CC(C)C)cc1. The Morgan fingerprint density at radius 1 is 1.19 bits per heavy atom. The van der Waals surface area contributed by atoms with Crippen LogP contribution < -0.4 is 5.32 Å². The summed E-state index contributed by atoms with van der Waals surface area (Å²) in [6.45, 7) is 8.03. The number of carbonyl (C=O) groups excluding carboxylic acids is 1. The van der Waals surface area contributed by atoms with E-state index in [9.17, 15) is 17.6 Å². The first kappa shape index (κ1) is 30.7. The van der Waals surface area contributed by atoms with E-state index < -0.39 is 15.6 Å². The number of likely N-dealkylation sites (tertiary alicyclic amines) is 1. The van der Waals surface area contributed by atoms with E-state index >= 15 is 0 Å². The Bertz CT molecular complexity index is 1490. The van der Waals surface area contributed by atoms with Crippen LogP contribution in [0.3, 0.4) is 0 Å². The molecule has 2 atom stereocenters. The van der Waals surface area contributed by atoms with Crippen molar-refractivity contribution >= 4 is 32.4 Å². The van der Waals surface area contributed by atoms with Crippen LogP contribution in [0.15, 0.2) is 59.6 Å². The molecule has 2 aliphatic rings. The Hall–Kier alpha value is -2.70. The number of hydrogen-bond donors (Lipinski definition) is 1. The number of morpholine rings is 1. The zero-order chi connectivity index (χ0) is 29.9. The number of benzene rings is 2. The summed E-state index contributed by atoms with van der Waals surface area (Å²) in [6.07, 6.45) is 4.30. The van der Waals surface area contributed by atoms with Gasteiger partial charge in [0.15, 0.2) is 5.13 Å². The number of rotatable bonds is 9. The Balaban J connectivity index is 1.24. The summed E-state index contributed by atoms with van der Waals surface area (Å²) >= 11 is 1.33. The minimum Gasteiger partial charge on any atom is -0.371 e. The van der Waals surface area contributed by atoms with Crippen molar-refractivity contribution in [2.75, 3.05) is 38.1 Å². The summed E-state index contributed by atoms with van der Waals surface area (Å²) in [5, 5.41) is 3.35. The monoisotopic (exact) mass is 614 g/mol. The Morgan fingerprint density at radius 3 is 2.69 bits per heavy atom. The normalized spacial score (nSPS) is 22.1. The zero-order valence-corrected chi connectivity index (χ0v) is 26.0. The van der Waals surface area contributed by atoms with Crippen LogP contribution in [0.2, 0.25) is 0 Å². The second kappa shape index (κ2) is 12.9. The maximum absolute atomic E-state index is 14.0. The minimum atomic E-state index is -3.73. The molecule has 0 radical (unpaired) electrons. The number of ether oxygens (including phenoxy) is 1. The highest BCUT2D eigenvalue weighted by Gasteiger charge is 2.47. The fourth-order valence-electron chi connectivity index (χ4n) is 5.88. The number of hydrogen-bond acceptors (Lipinski definition) is 7. The van der Waals surface area contributed by atoms with Crippen molar-refractivity contribution in [2.24, 2.45) is 5.92 Å². The van der Waals surface area contributed by atoms with Gasteiger partial charge in [0.1, 0.15) is 5.82 Å². The van der Waals surface area contributed by atoms with Gasteiger partial charge in [-0.25, -0.2) is 17.8 Å². The molecule has 226 valence electrons. The predicted molar refractivity (Wildman–Crippen MR) is 163 cm³/mol. The predicted octanol–water partition coefficient (Wildman–Crippen LogP) is 5.09. The molecule has 1 spiro atoms. The number of piperidine rings is 1. The fourth-order valence-corrected chi connectivity index (χ4v) is 8.43. The summed E-state index contributed by atoms with van der Waals surface area (Å²) in [6, 6.07) is 13.4. The van der Waals surface area contributed by atoms with E-state index in [2.05, 4.69) is 24.1 Å². The summed E-state index contributed by atoms with van der Waals surface area (Å²) < 4.78 is 49.9. The molecule has 2 aromatic carbocycles. The highest BCUT2D eigenvalue weighted by Crippen LogP contribution is 2.35. The highest BCUT2D eigenvalue weighted by atomic mass is 32.2. The van der Waals surface area contributed by atoms with Crippen LogP contribution >= 0.6 is 11.3 Å². The average molecular weight is 615 g/mol. The average Bonchev–Trinajstić information content (AvgIpc) is 3.37. The molecular formula is C31H39FN4O4S2. The molecule has 11 heteroatoms. The van der Waals surface area contributed by atoms with Gasteiger partial charge < -0.3 is 10.1 Å². The molecule has 2 saturated heterocycles. The van der Waals surface area contributed by atoms with E-state index in [1.165, 1.54) is 17.4 Å². The van der Waals surface area contributed by atoms with Gasteiger partial charge in [0.2, 0.25) is 15.9 Å². The molecule has 0 bridgehead atoms. The summed E-state index contributed by atoms with van der Waals surface area (Å²) in [5.41, 5.74) is 0.906. The van der Waals surface area contributed by atoms with Crippen molar-refractivity contribution in [1.29, 1.82) is 0 Å². The second-order valence-electron chi connectivity index (χ2n) is 11.9. The zero-order valence-electron chi connectivity index (χ0n) is 24.4. The summed E-state index contributed by atoms with van der Waals surface area (Å²) in [7, 11) is -3.73. The number of nitrogens with one attached hydrogen (secondary N) is 1. The first-order valence-electron chi connectivity index (χ1n) is 14.5. The Morgan fingerprint density at radius 2 is 1.95 bits per heavy atom. The molecule has 3 aromatic rings. The number of aromatic nitrogens is 1. The molecule has 42 heavy (non-hydrogen) atoms. The van der Waals surface area contributed by atoms with Gasteiger partial charge in [-0.1, -0.05) is 49.7 Å². The molecule has 1 N–H and O–H groups in total. The summed E-state index contributed by atoms with van der Waals surface area (Å²) in [5.74, 6) is -0.148. The van der Waals surface area contributed by atoms with E-state index in [1.807, 2.05) is 24.0 Å². The second-order valence-corrected chi connectivity index (χ2v) is 14.9. The molecule has 0 unspecified atom stereocenters. The van der Waals surface area contributed by atoms with Crippen molar-refractivity contribution in [1.82, 2.24) is 14.2 Å². The molecule has 3 heterocycles. The lowest BCUT2D eigenvalue weighted by Gasteiger charge is -2.50. The maximum Gasteiger partial charge on any atom is 0.243 e. The topological polar surface area (TPSA) is 91.8 Å². The first-order chi connectivity index (χ1) is 20.0. The molecule has 2 aliphatic heterocycles. The van der Waals surface area contributed by atoms with Crippen LogP contribution in [0.4, 0.5) is 9.52 Å². The number of nitrogens with zero attached hydrogens (tertiary/aromatic N) is 3. The largest absolute Gasteiger partial charge is 0.371 e. The standard InChI is InChI=1S/C31H39FN4O4S2/c1-22(2)15-25-19-40-31(21-36(25)42(38,39)27-11-9-23(3)10-12-27)13-6-14-35(20-31)18-29(37)34-30-33-17-26(41-30)16-24-7-4-5-8-28(24)32/h4-5,7-12,17,22,25H,6,13-16,18-21H2,1-3H3,(H,33,34,37)/t25-,31-/m0/s1. The number of anilines is 1. The van der Waals surface area contributed by atoms with Gasteiger partial charge in [-0.3, -0.25) is 9.69 Å². The van der Waals surface area contributed by atoms with E-state index in [4.69, 9.17) is 4.74 Å². The third kappa shape index (κ3) is 7.26. The quantitative estimate of drug-likeness (QED) is 0.361. The fraction of sp³-hybridized carbons (Fsp3) is 0.484. The van der Waals surface area contributed by atoms with E-state index in [1.54, 1.807) is 40.8 Å². The van der Waals surface area contributed by atoms with E-state index in [0.29, 0.717) is 47.5 Å². The lowest BCUT2D eigenvalue weighted by atomic mass is 9.89. The van der Waals surface area contributed by atoms with Crippen LogP contribution in [-0.4, -0.2) is 72.9 Å². The third-order valence-electron chi connectivity index (χ3n) is 7.91. The Labute approximate surface area is 252 Å². The van der Waals surface area contributed by atoms with Crippen molar-refractivity contribution in [3.63, 3.8) is 0 Å². The van der Waals surface area contributed by atoms with Crippen LogP contribution in [0.5, 0.6) is 0 Å². The number of halogens is 1. The number of aryl methyl sites for hydroxylation is 1. The highest BCUT2D eigenvalue weighted by molar-refractivity contribution is 7.89. The smallest absolute Gasteiger partial charge is 0.243 e. The lowest BCUT2D eigenvalue weighted by molar-refractivity contribution is -0.146. The van der Waals surface area contributed by atoms with Crippen molar-refractivity contribution in [3.8, 4) is 0 Å². The summed E-state index contributed by atoms with van der Waals surface area (Å²) in [4.78, 5) is 20.5. The van der Waals surface area contributed by atoms with Gasteiger partial charge in [-0.15, -0.1) is 11.3 Å². The number of sulfonamides is 1. The van der Waals surface area contributed by atoms with Crippen LogP contribution in [0.1, 0.15) is 49.1 Å². The van der Waals surface area contributed by atoms with Crippen molar-refractivity contribution in [2.45, 2.75) is 63.0 Å². The first-order valence-corrected chi connectivity index (χ1v) is 16.7. The molecule has 0 saturated carbocycles. The van der Waals surface area contributed by atoms with Crippen LogP contribution in [0, 0.1) is 18.7 Å². The molecule has 8 nitrogen and oxygen atoms in total. The third-order valence-corrected chi connectivity index (χ3v) is 10.7. The van der Waals surface area contributed by atoms with Gasteiger partial charge in [0.25, 0.3) is 0 Å². The van der Waals surface area contributed by atoms with Crippen LogP contribution in [0.25, 0.3) is 0 Å². The Kier molecular flexibility index (Phi) is 9.44. The lowest BCUT2D eigenvalue weighted by Crippen LogP contribution is -2.64. The van der Waals surface area contributed by atoms with Gasteiger partial charge in [0.05, 0.1) is 23.6 Å². The van der Waals surface area contributed by atoms with Crippen molar-refractivity contribution in [3.05, 3.63) is 76.5 Å². The maximum atomic E-state index is 14.0. The molecule has 2 fully saturated rings. The molecule has 1 amide bonds. The van der Waals surface area contributed by atoms with Gasteiger partial charge in [-0.2, -0.15) is 4.31 Å². The van der Waals surface area contributed by atoms with E-state index in [-0.39, 0.29) is 30.9 Å². The molecule has 5 rings (SSSR count). The van der Waals surface area contributed by atoms with Gasteiger partial charge >= 0.3 is 0 Å². The van der Waals surface area contributed by atoms with Crippen LogP contribution in [-0.2, 0) is 26.0 Å². The van der Waals surface area contributed by atoms with Gasteiger partial charge in [-0.05, 0) is 62.4 Å². The molecular weight excluding hydrogens is 575 g/mol. The number of thiazole rings is 1. The number of amides is 1. The molecule has 0 aliphatic carbocycles. The number of carbonyl (C=O) groups is 1. The van der Waals surface area contributed by atoms with E-state index in [0.717, 1.165) is 29.8 Å². The van der Waals surface area contributed by atoms with Gasteiger partial charge in [0, 0.05) is 36.6 Å². The molecule has 1 aromatic heterocycles.